The number of nitrogens with one attached hydrogen (secondary N) is 2. The number of hydrogen-bond acceptors (Lipinski definition) is 5. The third-order valence-corrected chi connectivity index (χ3v) is 3.86. The van der Waals surface area contributed by atoms with Crippen LogP contribution in [0.15, 0.2) is 52.9 Å². The average molecular weight is 355 g/mol. The molecule has 0 saturated heterocycles. The molecule has 0 aliphatic carbocycles. The first-order chi connectivity index (χ1) is 12.5. The molecule has 0 fully saturated rings. The minimum absolute atomic E-state index is 0.147. The summed E-state index contributed by atoms with van der Waals surface area (Å²) in [7, 11) is 1.42. The summed E-state index contributed by atoms with van der Waals surface area (Å²) in [5, 5.41) is 17.2. The maximum absolute atomic E-state index is 12.3. The van der Waals surface area contributed by atoms with Gasteiger partial charge in [-0.2, -0.15) is 0 Å². The maximum Gasteiger partial charge on any atom is 0.319 e. The summed E-state index contributed by atoms with van der Waals surface area (Å²) in [6, 6.07) is 12.4. The highest BCUT2D eigenvalue weighted by Crippen LogP contribution is 2.29. The van der Waals surface area contributed by atoms with E-state index >= 15 is 0 Å². The van der Waals surface area contributed by atoms with Crippen molar-refractivity contribution in [2.45, 2.75) is 13.0 Å². The molecule has 0 unspecified atom stereocenters. The van der Waals surface area contributed by atoms with Crippen LogP contribution in [0.1, 0.15) is 18.7 Å². The number of furan rings is 1. The molecule has 1 atom stereocenters. The van der Waals surface area contributed by atoms with Crippen LogP contribution in [0.4, 0.5) is 16.2 Å². The Hall–Kier alpha value is -3.55. The fraction of sp³-hybridized carbons (Fsp3) is 0.167. The summed E-state index contributed by atoms with van der Waals surface area (Å²) >= 11 is 0. The lowest BCUT2D eigenvalue weighted by Gasteiger charge is -2.14. The van der Waals surface area contributed by atoms with Gasteiger partial charge in [0.1, 0.15) is 17.1 Å². The fourth-order valence-electron chi connectivity index (χ4n) is 2.55. The number of carbonyl (C=O) groups excluding carboxylic acids is 1. The molecule has 0 aliphatic rings. The van der Waals surface area contributed by atoms with Crippen LogP contribution in [0.3, 0.4) is 0 Å². The summed E-state index contributed by atoms with van der Waals surface area (Å²) in [6.07, 6.45) is 0. The zero-order valence-electron chi connectivity index (χ0n) is 14.2. The highest BCUT2D eigenvalue weighted by Gasteiger charge is 2.17. The van der Waals surface area contributed by atoms with Gasteiger partial charge in [-0.15, -0.1) is 0 Å². The number of fused-ring (bicyclic) bond motifs is 1. The molecule has 2 aromatic carbocycles. The molecule has 134 valence electrons. The van der Waals surface area contributed by atoms with E-state index in [1.165, 1.54) is 25.3 Å². The Labute approximate surface area is 148 Å². The molecule has 0 aliphatic heterocycles. The minimum Gasteiger partial charge on any atom is -0.495 e. The molecule has 26 heavy (non-hydrogen) atoms. The van der Waals surface area contributed by atoms with Gasteiger partial charge in [-0.3, -0.25) is 10.1 Å². The Morgan fingerprint density at radius 3 is 2.69 bits per heavy atom. The summed E-state index contributed by atoms with van der Waals surface area (Å²) < 4.78 is 10.8. The average Bonchev–Trinajstić information content (AvgIpc) is 3.05. The predicted molar refractivity (Wildman–Crippen MR) is 96.4 cm³/mol. The lowest BCUT2D eigenvalue weighted by Crippen LogP contribution is -2.31. The molecule has 2 amide bonds. The monoisotopic (exact) mass is 355 g/mol. The smallest absolute Gasteiger partial charge is 0.319 e. The number of nitro groups is 1. The Morgan fingerprint density at radius 1 is 1.23 bits per heavy atom. The first-order valence-electron chi connectivity index (χ1n) is 7.86. The molecular weight excluding hydrogens is 338 g/mol. The van der Waals surface area contributed by atoms with Crippen LogP contribution < -0.4 is 15.4 Å². The van der Waals surface area contributed by atoms with Crippen molar-refractivity contribution >= 4 is 28.4 Å². The van der Waals surface area contributed by atoms with E-state index in [-0.39, 0.29) is 11.4 Å². The largest absolute Gasteiger partial charge is 0.495 e. The summed E-state index contributed by atoms with van der Waals surface area (Å²) in [4.78, 5) is 22.6. The fourth-order valence-corrected chi connectivity index (χ4v) is 2.55. The number of benzene rings is 2. The Kier molecular flexibility index (Phi) is 4.74. The number of nitro benzene ring substituents is 1. The van der Waals surface area contributed by atoms with Crippen molar-refractivity contribution in [1.29, 1.82) is 0 Å². The van der Waals surface area contributed by atoms with E-state index < -0.39 is 17.0 Å². The first kappa shape index (κ1) is 17.3. The summed E-state index contributed by atoms with van der Waals surface area (Å²) in [5.74, 6) is 0.925. The number of urea groups is 1. The molecule has 0 saturated carbocycles. The third kappa shape index (κ3) is 3.59. The highest BCUT2D eigenvalue weighted by molar-refractivity contribution is 5.91. The van der Waals surface area contributed by atoms with Gasteiger partial charge in [-0.25, -0.2) is 4.79 Å². The van der Waals surface area contributed by atoms with Gasteiger partial charge in [-0.1, -0.05) is 18.2 Å². The van der Waals surface area contributed by atoms with Crippen LogP contribution in [0.2, 0.25) is 0 Å². The number of nitrogens with zero attached hydrogens (tertiary/aromatic N) is 1. The number of hydrogen-bond donors (Lipinski definition) is 2. The number of non-ortho nitro benzene ring substituents is 1. The van der Waals surface area contributed by atoms with Gasteiger partial charge in [0.2, 0.25) is 0 Å². The normalized spacial score (nSPS) is 11.8. The number of anilines is 1. The van der Waals surface area contributed by atoms with Crippen molar-refractivity contribution in [3.8, 4) is 5.75 Å². The van der Waals surface area contributed by atoms with Crippen molar-refractivity contribution in [3.63, 3.8) is 0 Å². The molecule has 2 N–H and O–H groups in total. The van der Waals surface area contributed by atoms with E-state index in [0.29, 0.717) is 11.5 Å². The number of carbonyl (C=O) groups is 1. The van der Waals surface area contributed by atoms with Crippen molar-refractivity contribution in [1.82, 2.24) is 5.32 Å². The maximum atomic E-state index is 12.3. The number of ether oxygens (including phenoxy) is 1. The molecular formula is C18H17N3O5. The lowest BCUT2D eigenvalue weighted by atomic mass is 10.2. The standard InChI is InChI=1S/C18H17N3O5/c1-11(17-9-12-5-3-4-6-15(12)26-17)19-18(22)20-14-10-13(21(23)24)7-8-16(14)25-2/h3-11H,1-2H3,(H2,19,20,22)/t11-/m0/s1. The molecule has 3 aromatic rings. The van der Waals surface area contributed by atoms with E-state index in [1.54, 1.807) is 6.92 Å². The molecule has 3 rings (SSSR count). The molecule has 8 nitrogen and oxygen atoms in total. The van der Waals surface area contributed by atoms with Crippen LogP contribution in [-0.2, 0) is 0 Å². The number of rotatable bonds is 5. The van der Waals surface area contributed by atoms with Crippen molar-refractivity contribution in [3.05, 3.63) is 64.4 Å². The molecule has 0 spiro atoms. The predicted octanol–water partition coefficient (Wildman–Crippen LogP) is 4.23. The van der Waals surface area contributed by atoms with Crippen molar-refractivity contribution in [2.24, 2.45) is 0 Å². The Bertz CT molecular complexity index is 933. The lowest BCUT2D eigenvalue weighted by molar-refractivity contribution is -0.384. The van der Waals surface area contributed by atoms with Crippen LogP contribution in [0.25, 0.3) is 11.0 Å². The van der Waals surface area contributed by atoms with Gasteiger partial charge in [0.15, 0.2) is 0 Å². The van der Waals surface area contributed by atoms with Gasteiger partial charge in [0, 0.05) is 17.5 Å². The Balaban J connectivity index is 1.73. The number of para-hydroxylation sites is 1. The van der Waals surface area contributed by atoms with Crippen LogP contribution in [-0.4, -0.2) is 18.1 Å². The van der Waals surface area contributed by atoms with E-state index in [4.69, 9.17) is 9.15 Å². The van der Waals surface area contributed by atoms with Gasteiger partial charge in [-0.05, 0) is 25.1 Å². The van der Waals surface area contributed by atoms with Crippen molar-refractivity contribution < 1.29 is 18.9 Å². The quantitative estimate of drug-likeness (QED) is 0.526. The zero-order chi connectivity index (χ0) is 18.7. The van der Waals surface area contributed by atoms with E-state index in [1.807, 2.05) is 30.3 Å². The third-order valence-electron chi connectivity index (χ3n) is 3.86. The van der Waals surface area contributed by atoms with Gasteiger partial charge >= 0.3 is 6.03 Å². The van der Waals surface area contributed by atoms with Gasteiger partial charge in [0.25, 0.3) is 5.69 Å². The molecule has 0 radical (unpaired) electrons. The van der Waals surface area contributed by atoms with E-state index in [9.17, 15) is 14.9 Å². The molecule has 1 heterocycles. The second-order valence-electron chi connectivity index (χ2n) is 5.65. The number of amides is 2. The first-order valence-corrected chi connectivity index (χ1v) is 7.86. The zero-order valence-corrected chi connectivity index (χ0v) is 14.2. The van der Waals surface area contributed by atoms with Gasteiger partial charge in [0.05, 0.1) is 23.8 Å². The van der Waals surface area contributed by atoms with Gasteiger partial charge < -0.3 is 19.8 Å². The topological polar surface area (TPSA) is 107 Å². The van der Waals surface area contributed by atoms with E-state index in [2.05, 4.69) is 10.6 Å². The summed E-state index contributed by atoms with van der Waals surface area (Å²) in [6.45, 7) is 1.78. The Morgan fingerprint density at radius 2 is 2.00 bits per heavy atom. The second kappa shape index (κ2) is 7.14. The minimum atomic E-state index is -0.542. The van der Waals surface area contributed by atoms with Crippen LogP contribution in [0.5, 0.6) is 5.75 Å². The van der Waals surface area contributed by atoms with E-state index in [0.717, 1.165) is 11.0 Å². The SMILES string of the molecule is COc1ccc([N+](=O)[O-])cc1NC(=O)N[C@@H](C)c1cc2ccccc2o1. The van der Waals surface area contributed by atoms with Crippen LogP contribution in [0, 0.1) is 10.1 Å². The highest BCUT2D eigenvalue weighted by atomic mass is 16.6. The molecule has 0 bridgehead atoms. The van der Waals surface area contributed by atoms with Crippen molar-refractivity contribution in [2.75, 3.05) is 12.4 Å². The second-order valence-corrected chi connectivity index (χ2v) is 5.65. The van der Waals surface area contributed by atoms with Crippen LogP contribution >= 0.6 is 0 Å². The summed E-state index contributed by atoms with van der Waals surface area (Å²) in [5.41, 5.74) is 0.791. The molecule has 1 aromatic heterocycles. The number of methoxy groups -OCH3 is 1. The molecule has 8 heteroatoms.